The van der Waals surface area contributed by atoms with E-state index in [2.05, 4.69) is 0 Å². The van der Waals surface area contributed by atoms with Crippen LogP contribution in [-0.2, 0) is 5.54 Å². The van der Waals surface area contributed by atoms with Crippen molar-refractivity contribution in [3.05, 3.63) is 65.7 Å². The number of nitrogens with two attached hydrogens (primary N) is 2. The van der Waals surface area contributed by atoms with Gasteiger partial charge in [-0.1, -0.05) is 48.5 Å². The minimum Gasteiger partial charge on any atom is -0.496 e. The lowest BCUT2D eigenvalue weighted by Gasteiger charge is -2.30. The van der Waals surface area contributed by atoms with Crippen LogP contribution >= 0.6 is 0 Å². The highest BCUT2D eigenvalue weighted by molar-refractivity contribution is 5.46. The first kappa shape index (κ1) is 12.6. The molecule has 2 rings (SSSR count). The van der Waals surface area contributed by atoms with Crippen LogP contribution in [0.3, 0.4) is 0 Å². The Bertz CT molecular complexity index is 513. The van der Waals surface area contributed by atoms with Gasteiger partial charge in [-0.3, -0.25) is 0 Å². The van der Waals surface area contributed by atoms with Crippen molar-refractivity contribution in [3.63, 3.8) is 0 Å². The first-order valence-corrected chi connectivity index (χ1v) is 5.90. The molecular formula is C15H18N2O. The van der Waals surface area contributed by atoms with E-state index < -0.39 is 5.54 Å². The molecule has 2 aromatic rings. The standard InChI is InChI=1S/C15H18N2O/c1-18-14-10-6-5-9-13(14)15(17,11-16)12-7-3-2-4-8-12/h2-10H,11,16-17H2,1H3. The van der Waals surface area contributed by atoms with Crippen molar-refractivity contribution < 1.29 is 4.74 Å². The van der Waals surface area contributed by atoms with Crippen molar-refractivity contribution in [2.45, 2.75) is 5.54 Å². The molecule has 0 fully saturated rings. The minimum atomic E-state index is -0.728. The van der Waals surface area contributed by atoms with Crippen molar-refractivity contribution in [3.8, 4) is 5.75 Å². The zero-order valence-corrected chi connectivity index (χ0v) is 10.5. The molecule has 0 aliphatic rings. The van der Waals surface area contributed by atoms with Crippen molar-refractivity contribution in [1.82, 2.24) is 0 Å². The quantitative estimate of drug-likeness (QED) is 0.860. The van der Waals surface area contributed by atoms with Crippen LogP contribution in [0.25, 0.3) is 0 Å². The summed E-state index contributed by atoms with van der Waals surface area (Å²) in [7, 11) is 1.64. The molecule has 1 unspecified atom stereocenters. The molecule has 0 saturated heterocycles. The molecule has 4 N–H and O–H groups in total. The first-order chi connectivity index (χ1) is 8.72. The van der Waals surface area contributed by atoms with Crippen LogP contribution in [0.5, 0.6) is 5.75 Å². The SMILES string of the molecule is COc1ccccc1C(N)(CN)c1ccccc1. The average Bonchev–Trinajstić information content (AvgIpc) is 2.47. The number of para-hydroxylation sites is 1. The van der Waals surface area contributed by atoms with Crippen molar-refractivity contribution in [2.75, 3.05) is 13.7 Å². The third-order valence-corrected chi connectivity index (χ3v) is 3.20. The summed E-state index contributed by atoms with van der Waals surface area (Å²) in [6.45, 7) is 0.317. The Balaban J connectivity index is 2.57. The summed E-state index contributed by atoms with van der Waals surface area (Å²) in [5.74, 6) is 0.759. The molecule has 0 aliphatic carbocycles. The maximum Gasteiger partial charge on any atom is 0.124 e. The molecule has 0 amide bonds. The van der Waals surface area contributed by atoms with E-state index >= 15 is 0 Å². The zero-order valence-electron chi connectivity index (χ0n) is 10.5. The molecule has 94 valence electrons. The Kier molecular flexibility index (Phi) is 3.65. The van der Waals surface area contributed by atoms with Crippen LogP contribution in [-0.4, -0.2) is 13.7 Å². The average molecular weight is 242 g/mol. The normalized spacial score (nSPS) is 13.9. The molecule has 3 nitrogen and oxygen atoms in total. The van der Waals surface area contributed by atoms with Crippen LogP contribution < -0.4 is 16.2 Å². The molecule has 0 aromatic heterocycles. The summed E-state index contributed by atoms with van der Waals surface area (Å²) in [5, 5.41) is 0. The van der Waals surface area contributed by atoms with Gasteiger partial charge in [0, 0.05) is 12.1 Å². The van der Waals surface area contributed by atoms with E-state index in [-0.39, 0.29) is 0 Å². The molecule has 18 heavy (non-hydrogen) atoms. The Morgan fingerprint density at radius 3 is 2.22 bits per heavy atom. The first-order valence-electron chi connectivity index (χ1n) is 5.90. The number of hydrogen-bond donors (Lipinski definition) is 2. The van der Waals surface area contributed by atoms with Gasteiger partial charge < -0.3 is 16.2 Å². The topological polar surface area (TPSA) is 61.3 Å². The maximum atomic E-state index is 6.51. The molecule has 0 aliphatic heterocycles. The summed E-state index contributed by atoms with van der Waals surface area (Å²) < 4.78 is 5.38. The molecule has 0 spiro atoms. The number of ether oxygens (including phenoxy) is 1. The minimum absolute atomic E-state index is 0.317. The van der Waals surface area contributed by atoms with Gasteiger partial charge in [0.05, 0.1) is 12.6 Å². The number of rotatable bonds is 4. The second-order valence-electron chi connectivity index (χ2n) is 4.24. The fraction of sp³-hybridized carbons (Fsp3) is 0.200. The van der Waals surface area contributed by atoms with E-state index in [9.17, 15) is 0 Å². The van der Waals surface area contributed by atoms with Gasteiger partial charge in [0.2, 0.25) is 0 Å². The van der Waals surface area contributed by atoms with Gasteiger partial charge in [0.25, 0.3) is 0 Å². The Hall–Kier alpha value is -1.84. The van der Waals surface area contributed by atoms with Gasteiger partial charge in [0.15, 0.2) is 0 Å². The van der Waals surface area contributed by atoms with Gasteiger partial charge in [-0.2, -0.15) is 0 Å². The highest BCUT2D eigenvalue weighted by atomic mass is 16.5. The largest absolute Gasteiger partial charge is 0.496 e. The molecule has 0 radical (unpaired) electrons. The lowest BCUT2D eigenvalue weighted by molar-refractivity contribution is 0.395. The second-order valence-corrected chi connectivity index (χ2v) is 4.24. The highest BCUT2D eigenvalue weighted by Gasteiger charge is 2.30. The summed E-state index contributed by atoms with van der Waals surface area (Å²) in [6.07, 6.45) is 0. The van der Waals surface area contributed by atoms with Crippen LogP contribution in [0.4, 0.5) is 0 Å². The van der Waals surface area contributed by atoms with E-state index in [1.54, 1.807) is 7.11 Å². The summed E-state index contributed by atoms with van der Waals surface area (Å²) in [5.41, 5.74) is 13.6. The molecule has 3 heteroatoms. The third-order valence-electron chi connectivity index (χ3n) is 3.20. The smallest absolute Gasteiger partial charge is 0.124 e. The fourth-order valence-electron chi connectivity index (χ4n) is 2.13. The summed E-state index contributed by atoms with van der Waals surface area (Å²) >= 11 is 0. The van der Waals surface area contributed by atoms with E-state index in [0.29, 0.717) is 6.54 Å². The number of methoxy groups -OCH3 is 1. The predicted molar refractivity (Wildman–Crippen MR) is 73.5 cm³/mol. The summed E-state index contributed by atoms with van der Waals surface area (Å²) in [4.78, 5) is 0. The Labute approximate surface area is 107 Å². The third kappa shape index (κ3) is 2.10. The zero-order chi connectivity index (χ0) is 13.0. The predicted octanol–water partition coefficient (Wildman–Crippen LogP) is 1.86. The van der Waals surface area contributed by atoms with Crippen molar-refractivity contribution in [1.29, 1.82) is 0 Å². The monoisotopic (exact) mass is 242 g/mol. The van der Waals surface area contributed by atoms with Crippen LogP contribution in [0.1, 0.15) is 11.1 Å². The number of hydrogen-bond acceptors (Lipinski definition) is 3. The van der Waals surface area contributed by atoms with Gasteiger partial charge in [-0.05, 0) is 11.6 Å². The van der Waals surface area contributed by atoms with Gasteiger partial charge in [0.1, 0.15) is 5.75 Å². The number of benzene rings is 2. The Morgan fingerprint density at radius 1 is 1.00 bits per heavy atom. The van der Waals surface area contributed by atoms with Gasteiger partial charge in [-0.25, -0.2) is 0 Å². The van der Waals surface area contributed by atoms with Crippen molar-refractivity contribution >= 4 is 0 Å². The molecule has 0 bridgehead atoms. The van der Waals surface area contributed by atoms with E-state index in [4.69, 9.17) is 16.2 Å². The molecular weight excluding hydrogens is 224 g/mol. The molecule has 0 saturated carbocycles. The molecule has 2 aromatic carbocycles. The van der Waals surface area contributed by atoms with Crippen LogP contribution in [0.15, 0.2) is 54.6 Å². The lowest BCUT2D eigenvalue weighted by atomic mass is 9.83. The van der Waals surface area contributed by atoms with Crippen LogP contribution in [0, 0.1) is 0 Å². The van der Waals surface area contributed by atoms with E-state index in [0.717, 1.165) is 16.9 Å². The molecule has 0 heterocycles. The second kappa shape index (κ2) is 5.21. The lowest BCUT2D eigenvalue weighted by Crippen LogP contribution is -2.45. The highest BCUT2D eigenvalue weighted by Crippen LogP contribution is 2.32. The van der Waals surface area contributed by atoms with Crippen LogP contribution in [0.2, 0.25) is 0 Å². The fourth-order valence-corrected chi connectivity index (χ4v) is 2.13. The molecule has 1 atom stereocenters. The van der Waals surface area contributed by atoms with E-state index in [1.807, 2.05) is 54.6 Å². The van der Waals surface area contributed by atoms with Gasteiger partial charge in [-0.15, -0.1) is 0 Å². The Morgan fingerprint density at radius 2 is 1.61 bits per heavy atom. The van der Waals surface area contributed by atoms with E-state index in [1.165, 1.54) is 0 Å². The van der Waals surface area contributed by atoms with Gasteiger partial charge >= 0.3 is 0 Å². The van der Waals surface area contributed by atoms with Crippen molar-refractivity contribution in [2.24, 2.45) is 11.5 Å². The summed E-state index contributed by atoms with van der Waals surface area (Å²) in [6, 6.07) is 17.6. The maximum absolute atomic E-state index is 6.51.